The van der Waals surface area contributed by atoms with Crippen LogP contribution >= 0.6 is 23.2 Å². The van der Waals surface area contributed by atoms with Crippen molar-refractivity contribution in [1.82, 2.24) is 5.32 Å². The lowest BCUT2D eigenvalue weighted by molar-refractivity contribution is 0.0953. The molecule has 1 aromatic rings. The molecule has 15 heavy (non-hydrogen) atoms. The van der Waals surface area contributed by atoms with Crippen molar-refractivity contribution in [2.45, 2.75) is 6.42 Å². The molecule has 0 aliphatic heterocycles. The highest BCUT2D eigenvalue weighted by Gasteiger charge is 2.07. The zero-order valence-electron chi connectivity index (χ0n) is 7.90. The predicted molar refractivity (Wildman–Crippen MR) is 59.1 cm³/mol. The number of alkyl halides is 1. The standard InChI is InChI=1S/C10H10Cl2FNO/c11-4-1-5-14-10(15)7-2-3-8(12)9(13)6-7/h2-3,6H,1,4-5H2,(H,14,15). The third-order valence-electron chi connectivity index (χ3n) is 1.78. The fraction of sp³-hybridized carbons (Fsp3) is 0.300. The minimum Gasteiger partial charge on any atom is -0.352 e. The molecule has 0 aromatic heterocycles. The van der Waals surface area contributed by atoms with Crippen LogP contribution in [0.3, 0.4) is 0 Å². The van der Waals surface area contributed by atoms with Gasteiger partial charge in [0.05, 0.1) is 5.02 Å². The summed E-state index contributed by atoms with van der Waals surface area (Å²) >= 11 is 10.9. The fourth-order valence-electron chi connectivity index (χ4n) is 1.01. The number of carbonyl (C=O) groups is 1. The number of benzene rings is 1. The van der Waals surface area contributed by atoms with Crippen LogP contribution in [0.4, 0.5) is 4.39 Å². The van der Waals surface area contributed by atoms with E-state index in [0.29, 0.717) is 18.8 Å². The van der Waals surface area contributed by atoms with E-state index in [1.54, 1.807) is 0 Å². The van der Waals surface area contributed by atoms with Gasteiger partial charge in [-0.05, 0) is 24.6 Å². The second kappa shape index (κ2) is 5.93. The van der Waals surface area contributed by atoms with E-state index in [0.717, 1.165) is 6.07 Å². The van der Waals surface area contributed by atoms with Crippen molar-refractivity contribution in [1.29, 1.82) is 0 Å². The largest absolute Gasteiger partial charge is 0.352 e. The highest BCUT2D eigenvalue weighted by atomic mass is 35.5. The van der Waals surface area contributed by atoms with Gasteiger partial charge in [0.2, 0.25) is 0 Å². The Hall–Kier alpha value is -0.800. The van der Waals surface area contributed by atoms with Crippen molar-refractivity contribution in [3.05, 3.63) is 34.6 Å². The summed E-state index contributed by atoms with van der Waals surface area (Å²) < 4.78 is 13.0. The summed E-state index contributed by atoms with van der Waals surface area (Å²) in [6.07, 6.45) is 0.684. The predicted octanol–water partition coefficient (Wildman–Crippen LogP) is 2.84. The molecule has 82 valence electrons. The normalized spacial score (nSPS) is 10.1. The minimum absolute atomic E-state index is 0.00677. The van der Waals surface area contributed by atoms with Gasteiger partial charge in [-0.25, -0.2) is 4.39 Å². The zero-order chi connectivity index (χ0) is 11.3. The summed E-state index contributed by atoms with van der Waals surface area (Å²) in [5.74, 6) is -0.438. The van der Waals surface area contributed by atoms with Gasteiger partial charge < -0.3 is 5.32 Å². The molecule has 0 unspecified atom stereocenters. The number of hydrogen-bond donors (Lipinski definition) is 1. The molecule has 0 saturated carbocycles. The third-order valence-corrected chi connectivity index (χ3v) is 2.35. The van der Waals surface area contributed by atoms with Crippen molar-refractivity contribution in [3.63, 3.8) is 0 Å². The van der Waals surface area contributed by atoms with E-state index in [9.17, 15) is 9.18 Å². The summed E-state index contributed by atoms with van der Waals surface area (Å²) in [7, 11) is 0. The third kappa shape index (κ3) is 3.68. The molecule has 0 fully saturated rings. The Balaban J connectivity index is 2.62. The van der Waals surface area contributed by atoms with Gasteiger partial charge in [-0.2, -0.15) is 0 Å². The molecule has 0 saturated heterocycles. The van der Waals surface area contributed by atoms with Gasteiger partial charge in [0, 0.05) is 18.0 Å². The molecule has 0 radical (unpaired) electrons. The average Bonchev–Trinajstić information content (AvgIpc) is 2.22. The van der Waals surface area contributed by atoms with E-state index >= 15 is 0 Å². The molecule has 5 heteroatoms. The Bertz CT molecular complexity index is 357. The number of rotatable bonds is 4. The summed E-state index contributed by atoms with van der Waals surface area (Å²) in [5.41, 5.74) is 0.256. The Morgan fingerprint density at radius 2 is 2.20 bits per heavy atom. The number of nitrogens with one attached hydrogen (secondary N) is 1. The van der Waals surface area contributed by atoms with Gasteiger partial charge in [-0.3, -0.25) is 4.79 Å². The topological polar surface area (TPSA) is 29.1 Å². The van der Waals surface area contributed by atoms with Gasteiger partial charge in [0.15, 0.2) is 0 Å². The van der Waals surface area contributed by atoms with Gasteiger partial charge in [-0.15, -0.1) is 11.6 Å². The van der Waals surface area contributed by atoms with Crippen molar-refractivity contribution >= 4 is 29.1 Å². The van der Waals surface area contributed by atoms with Gasteiger partial charge in [0.25, 0.3) is 5.91 Å². The van der Waals surface area contributed by atoms with Gasteiger partial charge in [-0.1, -0.05) is 11.6 Å². The van der Waals surface area contributed by atoms with E-state index < -0.39 is 5.82 Å². The molecule has 1 rings (SSSR count). The lowest BCUT2D eigenvalue weighted by Crippen LogP contribution is -2.24. The van der Waals surface area contributed by atoms with E-state index in [1.165, 1.54) is 12.1 Å². The average molecular weight is 250 g/mol. The van der Waals surface area contributed by atoms with Crippen molar-refractivity contribution in [2.75, 3.05) is 12.4 Å². The maximum absolute atomic E-state index is 13.0. The number of carbonyl (C=O) groups excluding carboxylic acids is 1. The van der Waals surface area contributed by atoms with Gasteiger partial charge in [0.1, 0.15) is 5.82 Å². The zero-order valence-corrected chi connectivity index (χ0v) is 9.41. The highest BCUT2D eigenvalue weighted by molar-refractivity contribution is 6.30. The first kappa shape index (κ1) is 12.3. The van der Waals surface area contributed by atoms with Crippen LogP contribution in [0.5, 0.6) is 0 Å². The van der Waals surface area contributed by atoms with Crippen LogP contribution in [-0.2, 0) is 0 Å². The van der Waals surface area contributed by atoms with Crippen LogP contribution in [0.25, 0.3) is 0 Å². The molecule has 0 aliphatic rings. The molecule has 1 N–H and O–H groups in total. The molecule has 1 aromatic carbocycles. The maximum atomic E-state index is 13.0. The SMILES string of the molecule is O=C(NCCCCl)c1ccc(Cl)c(F)c1. The molecule has 1 amide bonds. The second-order valence-electron chi connectivity index (χ2n) is 2.93. The number of halogens is 3. The van der Waals surface area contributed by atoms with E-state index in [2.05, 4.69) is 5.32 Å². The monoisotopic (exact) mass is 249 g/mol. The Morgan fingerprint density at radius 1 is 1.47 bits per heavy atom. The quantitative estimate of drug-likeness (QED) is 0.646. The summed E-state index contributed by atoms with van der Waals surface area (Å²) in [6, 6.07) is 3.94. The minimum atomic E-state index is -0.596. The molecule has 0 heterocycles. The lowest BCUT2D eigenvalue weighted by atomic mass is 10.2. The van der Waals surface area contributed by atoms with Crippen LogP contribution < -0.4 is 5.32 Å². The van der Waals surface area contributed by atoms with Crippen LogP contribution in [0.2, 0.25) is 5.02 Å². The van der Waals surface area contributed by atoms with Crippen LogP contribution in [-0.4, -0.2) is 18.3 Å². The Labute approximate surface area is 97.4 Å². The molecule has 0 bridgehead atoms. The smallest absolute Gasteiger partial charge is 0.251 e. The summed E-state index contributed by atoms with van der Waals surface area (Å²) in [4.78, 5) is 11.4. The van der Waals surface area contributed by atoms with E-state index in [1.807, 2.05) is 0 Å². The Kier molecular flexibility index (Phi) is 4.85. The molecular weight excluding hydrogens is 240 g/mol. The van der Waals surface area contributed by atoms with Crippen molar-refractivity contribution < 1.29 is 9.18 Å². The van der Waals surface area contributed by atoms with E-state index in [-0.39, 0.29) is 16.5 Å². The first-order valence-electron chi connectivity index (χ1n) is 4.44. The van der Waals surface area contributed by atoms with E-state index in [4.69, 9.17) is 23.2 Å². The van der Waals surface area contributed by atoms with Crippen molar-refractivity contribution in [2.24, 2.45) is 0 Å². The van der Waals surface area contributed by atoms with Crippen LogP contribution in [0.1, 0.15) is 16.8 Å². The van der Waals surface area contributed by atoms with Crippen molar-refractivity contribution in [3.8, 4) is 0 Å². The van der Waals surface area contributed by atoms with Crippen LogP contribution in [0, 0.1) is 5.82 Å². The summed E-state index contributed by atoms with van der Waals surface area (Å²) in [6.45, 7) is 0.479. The molecule has 0 atom stereocenters. The summed E-state index contributed by atoms with van der Waals surface area (Å²) in [5, 5.41) is 2.62. The highest BCUT2D eigenvalue weighted by Crippen LogP contribution is 2.15. The molecule has 0 aliphatic carbocycles. The fourth-order valence-corrected chi connectivity index (χ4v) is 1.26. The molecular formula is C10H10Cl2FNO. The number of amides is 1. The van der Waals surface area contributed by atoms with Crippen LogP contribution in [0.15, 0.2) is 18.2 Å². The first-order chi connectivity index (χ1) is 7.15. The number of hydrogen-bond acceptors (Lipinski definition) is 1. The molecule has 0 spiro atoms. The maximum Gasteiger partial charge on any atom is 0.251 e. The Morgan fingerprint density at radius 3 is 2.80 bits per heavy atom. The first-order valence-corrected chi connectivity index (χ1v) is 5.35. The second-order valence-corrected chi connectivity index (χ2v) is 3.71. The molecule has 2 nitrogen and oxygen atoms in total. The van der Waals surface area contributed by atoms with Gasteiger partial charge >= 0.3 is 0 Å². The lowest BCUT2D eigenvalue weighted by Gasteiger charge is -2.04.